The van der Waals surface area contributed by atoms with E-state index in [1.54, 1.807) is 14.1 Å². The topological polar surface area (TPSA) is 69.6 Å². The highest BCUT2D eigenvalue weighted by Crippen LogP contribution is 2.40. The van der Waals surface area contributed by atoms with Crippen LogP contribution < -0.4 is 5.32 Å². The molecule has 1 aliphatic carbocycles. The van der Waals surface area contributed by atoms with E-state index in [9.17, 15) is 14.7 Å². The summed E-state index contributed by atoms with van der Waals surface area (Å²) in [5.41, 5.74) is 1.31. The number of hydrogen-bond donors (Lipinski definition) is 2. The van der Waals surface area contributed by atoms with Gasteiger partial charge in [-0.1, -0.05) is 69.7 Å². The summed E-state index contributed by atoms with van der Waals surface area (Å²) in [5, 5.41) is 13.1. The Balaban J connectivity index is 1.74. The molecule has 0 spiro atoms. The van der Waals surface area contributed by atoms with E-state index in [-0.39, 0.29) is 11.9 Å². The summed E-state index contributed by atoms with van der Waals surface area (Å²) < 4.78 is 0. The maximum atomic E-state index is 12.5. The highest BCUT2D eigenvalue weighted by atomic mass is 16.4. The predicted molar refractivity (Wildman–Crippen MR) is 121 cm³/mol. The number of carbonyl (C=O) groups excluding carboxylic acids is 1. The third-order valence-electron chi connectivity index (χ3n) is 6.43. The molecule has 30 heavy (non-hydrogen) atoms. The van der Waals surface area contributed by atoms with Crippen LogP contribution in [-0.2, 0) is 22.6 Å². The molecule has 2 atom stereocenters. The number of nitrogens with zero attached hydrogens (tertiary/aromatic N) is 1. The van der Waals surface area contributed by atoms with Crippen LogP contribution in [0.5, 0.6) is 0 Å². The molecule has 2 unspecified atom stereocenters. The van der Waals surface area contributed by atoms with Crippen molar-refractivity contribution in [3.63, 3.8) is 0 Å². The summed E-state index contributed by atoms with van der Waals surface area (Å²) in [6.45, 7) is 2.95. The molecule has 1 amide bonds. The second kappa shape index (κ2) is 12.1. The van der Waals surface area contributed by atoms with Gasteiger partial charge in [-0.25, -0.2) is 0 Å². The number of nitrogens with one attached hydrogen (secondary N) is 1. The Labute approximate surface area is 182 Å². The minimum absolute atomic E-state index is 0.0531. The standard InChI is InChI=1S/C25H40N2O3/c1-4-5-6-7-8-9-10-11-20-12-14-21(15-13-20)19-26-22-16-17-25(18-22,24(29)30)23(28)27(2)3/h12-15,22,26H,4-11,16-19H2,1-3H3,(H,29,30). The largest absolute Gasteiger partial charge is 0.480 e. The lowest BCUT2D eigenvalue weighted by Gasteiger charge is -2.26. The van der Waals surface area contributed by atoms with E-state index in [2.05, 4.69) is 36.5 Å². The van der Waals surface area contributed by atoms with Crippen LogP contribution in [0.1, 0.15) is 82.3 Å². The fourth-order valence-corrected chi connectivity index (χ4v) is 4.50. The molecule has 1 aromatic carbocycles. The Bertz CT molecular complexity index is 671. The lowest BCUT2D eigenvalue weighted by molar-refractivity contribution is -0.159. The zero-order valence-electron chi connectivity index (χ0n) is 19.1. The number of benzene rings is 1. The molecular weight excluding hydrogens is 376 g/mol. The van der Waals surface area contributed by atoms with Crippen molar-refractivity contribution in [1.82, 2.24) is 10.2 Å². The van der Waals surface area contributed by atoms with Crippen molar-refractivity contribution in [2.45, 2.75) is 90.1 Å². The van der Waals surface area contributed by atoms with Gasteiger partial charge in [0.1, 0.15) is 5.41 Å². The smallest absolute Gasteiger partial charge is 0.319 e. The number of aliphatic carboxylic acids is 1. The third-order valence-corrected chi connectivity index (χ3v) is 6.43. The minimum Gasteiger partial charge on any atom is -0.480 e. The number of hydrogen-bond acceptors (Lipinski definition) is 3. The van der Waals surface area contributed by atoms with E-state index in [1.165, 1.54) is 61.0 Å². The summed E-state index contributed by atoms with van der Waals surface area (Å²) in [4.78, 5) is 25.7. The molecule has 1 aromatic rings. The van der Waals surface area contributed by atoms with Crippen LogP contribution in [0.3, 0.4) is 0 Å². The fourth-order valence-electron chi connectivity index (χ4n) is 4.50. The Morgan fingerprint density at radius 3 is 2.23 bits per heavy atom. The number of unbranched alkanes of at least 4 members (excludes halogenated alkanes) is 6. The molecule has 5 heteroatoms. The van der Waals surface area contributed by atoms with Crippen LogP contribution in [0.15, 0.2) is 24.3 Å². The van der Waals surface area contributed by atoms with Crippen LogP contribution >= 0.6 is 0 Å². The highest BCUT2D eigenvalue weighted by Gasteiger charge is 2.52. The van der Waals surface area contributed by atoms with Gasteiger partial charge in [0.15, 0.2) is 0 Å². The summed E-state index contributed by atoms with van der Waals surface area (Å²) in [7, 11) is 3.25. The van der Waals surface area contributed by atoms with Crippen molar-refractivity contribution < 1.29 is 14.7 Å². The SMILES string of the molecule is CCCCCCCCCc1ccc(CNC2CCC(C(=O)O)(C(=O)N(C)C)C2)cc1. The number of carboxylic acid groups (broad SMARTS) is 1. The van der Waals surface area contributed by atoms with Crippen LogP contribution in [0.25, 0.3) is 0 Å². The van der Waals surface area contributed by atoms with Gasteiger partial charge in [-0.15, -0.1) is 0 Å². The Morgan fingerprint density at radius 1 is 1.03 bits per heavy atom. The number of carboxylic acids is 1. The van der Waals surface area contributed by atoms with Crippen molar-refractivity contribution in [2.75, 3.05) is 14.1 Å². The Kier molecular flexibility index (Phi) is 9.83. The van der Waals surface area contributed by atoms with Crippen molar-refractivity contribution in [1.29, 1.82) is 0 Å². The quantitative estimate of drug-likeness (QED) is 0.359. The lowest BCUT2D eigenvalue weighted by Crippen LogP contribution is -2.45. The van der Waals surface area contributed by atoms with Gasteiger partial charge in [-0.3, -0.25) is 9.59 Å². The summed E-state index contributed by atoms with van der Waals surface area (Å²) >= 11 is 0. The lowest BCUT2D eigenvalue weighted by atomic mass is 9.84. The van der Waals surface area contributed by atoms with Crippen molar-refractivity contribution in [3.05, 3.63) is 35.4 Å². The van der Waals surface area contributed by atoms with Crippen molar-refractivity contribution in [2.24, 2.45) is 5.41 Å². The first kappa shape index (κ1) is 24.4. The second-order valence-electron chi connectivity index (χ2n) is 9.10. The summed E-state index contributed by atoms with van der Waals surface area (Å²) in [6.07, 6.45) is 11.9. The first-order valence-electron chi connectivity index (χ1n) is 11.7. The number of carbonyl (C=O) groups is 2. The van der Waals surface area contributed by atoms with Crippen LogP contribution in [0, 0.1) is 5.41 Å². The molecule has 168 valence electrons. The zero-order chi connectivity index (χ0) is 22.0. The van der Waals surface area contributed by atoms with Gasteiger partial charge >= 0.3 is 5.97 Å². The Hall–Kier alpha value is -1.88. The second-order valence-corrected chi connectivity index (χ2v) is 9.10. The molecule has 2 rings (SSSR count). The van der Waals surface area contributed by atoms with Gasteiger partial charge in [0, 0.05) is 26.7 Å². The molecule has 0 bridgehead atoms. The minimum atomic E-state index is -1.28. The fraction of sp³-hybridized carbons (Fsp3) is 0.680. The van der Waals surface area contributed by atoms with Crippen LogP contribution in [0.4, 0.5) is 0 Å². The Morgan fingerprint density at radius 2 is 1.63 bits per heavy atom. The summed E-state index contributed by atoms with van der Waals surface area (Å²) in [5.74, 6) is -1.30. The van der Waals surface area contributed by atoms with Gasteiger partial charge < -0.3 is 15.3 Å². The normalized spacial score (nSPS) is 21.0. The van der Waals surface area contributed by atoms with Gasteiger partial charge in [0.25, 0.3) is 0 Å². The van der Waals surface area contributed by atoms with E-state index in [4.69, 9.17) is 0 Å². The predicted octanol–water partition coefficient (Wildman–Crippen LogP) is 4.78. The van der Waals surface area contributed by atoms with Gasteiger partial charge in [-0.05, 0) is 43.2 Å². The van der Waals surface area contributed by atoms with E-state index >= 15 is 0 Å². The maximum absolute atomic E-state index is 12.5. The third kappa shape index (κ3) is 6.83. The maximum Gasteiger partial charge on any atom is 0.319 e. The monoisotopic (exact) mass is 416 g/mol. The van der Waals surface area contributed by atoms with Gasteiger partial charge in [0.2, 0.25) is 5.91 Å². The zero-order valence-corrected chi connectivity index (χ0v) is 19.1. The van der Waals surface area contributed by atoms with E-state index in [1.807, 2.05) is 0 Å². The number of rotatable bonds is 13. The van der Waals surface area contributed by atoms with Crippen molar-refractivity contribution >= 4 is 11.9 Å². The molecule has 2 N–H and O–H groups in total. The molecular formula is C25H40N2O3. The average molecular weight is 417 g/mol. The molecule has 0 radical (unpaired) electrons. The highest BCUT2D eigenvalue weighted by molar-refractivity contribution is 6.02. The summed E-state index contributed by atoms with van der Waals surface area (Å²) in [6, 6.07) is 8.79. The number of amides is 1. The molecule has 0 aliphatic heterocycles. The van der Waals surface area contributed by atoms with Crippen molar-refractivity contribution in [3.8, 4) is 0 Å². The molecule has 1 aliphatic rings. The van der Waals surface area contributed by atoms with Crippen LogP contribution in [0.2, 0.25) is 0 Å². The van der Waals surface area contributed by atoms with E-state index < -0.39 is 11.4 Å². The molecule has 1 fully saturated rings. The van der Waals surface area contributed by atoms with Crippen LogP contribution in [-0.4, -0.2) is 42.0 Å². The molecule has 1 saturated carbocycles. The van der Waals surface area contributed by atoms with Gasteiger partial charge in [0.05, 0.1) is 0 Å². The molecule has 0 aromatic heterocycles. The molecule has 5 nitrogen and oxygen atoms in total. The van der Waals surface area contributed by atoms with E-state index in [0.717, 1.165) is 6.42 Å². The van der Waals surface area contributed by atoms with E-state index in [0.29, 0.717) is 25.8 Å². The molecule has 0 heterocycles. The van der Waals surface area contributed by atoms with Gasteiger partial charge in [-0.2, -0.15) is 0 Å². The first-order valence-corrected chi connectivity index (χ1v) is 11.7. The first-order chi connectivity index (χ1) is 14.4. The number of aryl methyl sites for hydroxylation is 1. The molecule has 0 saturated heterocycles. The average Bonchev–Trinajstić information content (AvgIpc) is 3.17.